The fraction of sp³-hybridized carbons (Fsp3) is 0.357. The van der Waals surface area contributed by atoms with Crippen molar-refractivity contribution in [3.63, 3.8) is 0 Å². The number of anilines is 1. The van der Waals surface area contributed by atoms with Gasteiger partial charge in [0, 0.05) is 19.3 Å². The number of allylic oxidation sites excluding steroid dienone is 2. The molecule has 1 aromatic rings. The van der Waals surface area contributed by atoms with Crippen LogP contribution >= 0.6 is 0 Å². The molecule has 0 aliphatic heterocycles. The molecule has 1 aliphatic carbocycles. The number of carbonyl (C=O) groups excluding carboxylic acids is 1. The van der Waals surface area contributed by atoms with Crippen molar-refractivity contribution in [3.8, 4) is 0 Å². The summed E-state index contributed by atoms with van der Waals surface area (Å²) in [6.45, 7) is 0. The maximum atomic E-state index is 12.2. The monoisotopic (exact) mass is 276 g/mol. The highest BCUT2D eigenvalue weighted by Gasteiger charge is 2.33. The predicted molar refractivity (Wildman–Crippen MR) is 73.3 cm³/mol. The third-order valence-corrected chi connectivity index (χ3v) is 3.44. The summed E-state index contributed by atoms with van der Waals surface area (Å²) in [4.78, 5) is 34.6. The van der Waals surface area contributed by atoms with Gasteiger partial charge in [-0.2, -0.15) is 0 Å². The molecule has 0 saturated carbocycles. The van der Waals surface area contributed by atoms with Crippen molar-refractivity contribution in [2.24, 2.45) is 18.9 Å². The van der Waals surface area contributed by atoms with Crippen LogP contribution < -0.4 is 10.9 Å². The first-order valence-electron chi connectivity index (χ1n) is 6.34. The van der Waals surface area contributed by atoms with Gasteiger partial charge >= 0.3 is 5.97 Å². The molecule has 2 atom stereocenters. The second-order valence-corrected chi connectivity index (χ2v) is 4.85. The van der Waals surface area contributed by atoms with Crippen molar-refractivity contribution in [1.29, 1.82) is 0 Å². The van der Waals surface area contributed by atoms with Crippen LogP contribution in [0.5, 0.6) is 0 Å². The van der Waals surface area contributed by atoms with Crippen molar-refractivity contribution in [2.45, 2.75) is 12.8 Å². The van der Waals surface area contributed by atoms with E-state index in [2.05, 4.69) is 5.32 Å². The van der Waals surface area contributed by atoms with Crippen LogP contribution in [-0.2, 0) is 16.6 Å². The quantitative estimate of drug-likeness (QED) is 0.806. The van der Waals surface area contributed by atoms with Crippen molar-refractivity contribution in [3.05, 3.63) is 40.8 Å². The maximum absolute atomic E-state index is 12.2. The standard InChI is InChI=1S/C14H16N2O4/c1-16-8-9(6-7-12(16)17)15-13(18)10-4-2-3-5-11(10)14(19)20/h2-3,6-8,10-11H,4-5H2,1H3,(H,15,18)(H,19,20). The van der Waals surface area contributed by atoms with Crippen LogP contribution in [0.1, 0.15) is 12.8 Å². The zero-order chi connectivity index (χ0) is 14.7. The summed E-state index contributed by atoms with van der Waals surface area (Å²) >= 11 is 0. The molecule has 0 spiro atoms. The fourth-order valence-corrected chi connectivity index (χ4v) is 2.28. The number of pyridine rings is 1. The number of hydrogen-bond acceptors (Lipinski definition) is 3. The van der Waals surface area contributed by atoms with E-state index in [0.29, 0.717) is 18.5 Å². The van der Waals surface area contributed by atoms with Gasteiger partial charge in [-0.3, -0.25) is 14.4 Å². The molecular weight excluding hydrogens is 260 g/mol. The van der Waals surface area contributed by atoms with E-state index in [0.717, 1.165) is 0 Å². The first kappa shape index (κ1) is 14.0. The Labute approximate surface area is 115 Å². The van der Waals surface area contributed by atoms with E-state index in [-0.39, 0.29) is 11.5 Å². The van der Waals surface area contributed by atoms with Gasteiger partial charge in [0.25, 0.3) is 0 Å². The number of carbonyl (C=O) groups is 2. The van der Waals surface area contributed by atoms with Gasteiger partial charge in [0.2, 0.25) is 11.5 Å². The molecule has 0 bridgehead atoms. The molecule has 0 aromatic carbocycles. The fourth-order valence-electron chi connectivity index (χ4n) is 2.28. The summed E-state index contributed by atoms with van der Waals surface area (Å²) in [5.41, 5.74) is 0.308. The Balaban J connectivity index is 2.14. The summed E-state index contributed by atoms with van der Waals surface area (Å²) in [5.74, 6) is -2.59. The van der Waals surface area contributed by atoms with E-state index in [4.69, 9.17) is 5.11 Å². The van der Waals surface area contributed by atoms with Gasteiger partial charge in [-0.25, -0.2) is 0 Å². The molecule has 1 aromatic heterocycles. The van der Waals surface area contributed by atoms with Crippen molar-refractivity contribution in [2.75, 3.05) is 5.32 Å². The minimum atomic E-state index is -0.963. The third kappa shape index (κ3) is 2.96. The highest BCUT2D eigenvalue weighted by Crippen LogP contribution is 2.27. The molecule has 6 heteroatoms. The van der Waals surface area contributed by atoms with Crippen LogP contribution in [0.15, 0.2) is 35.3 Å². The Kier molecular flexibility index (Phi) is 4.02. The first-order valence-corrected chi connectivity index (χ1v) is 6.34. The molecule has 2 N–H and O–H groups in total. The van der Waals surface area contributed by atoms with Crippen LogP contribution in [0.2, 0.25) is 0 Å². The highest BCUT2D eigenvalue weighted by atomic mass is 16.4. The van der Waals surface area contributed by atoms with Gasteiger partial charge < -0.3 is 15.0 Å². The smallest absolute Gasteiger partial charge is 0.307 e. The Hall–Kier alpha value is -2.37. The number of aryl methyl sites for hydroxylation is 1. The minimum Gasteiger partial charge on any atom is -0.481 e. The van der Waals surface area contributed by atoms with Gasteiger partial charge in [0.05, 0.1) is 17.5 Å². The molecule has 2 unspecified atom stereocenters. The van der Waals surface area contributed by atoms with E-state index in [1.54, 1.807) is 13.1 Å². The molecule has 0 radical (unpaired) electrons. The normalized spacial score (nSPS) is 21.4. The number of nitrogens with zero attached hydrogens (tertiary/aromatic N) is 1. The molecule has 1 amide bonds. The van der Waals surface area contributed by atoms with Crippen LogP contribution in [0, 0.1) is 11.8 Å². The second-order valence-electron chi connectivity index (χ2n) is 4.85. The molecule has 0 saturated heterocycles. The molecule has 0 fully saturated rings. The molecule has 20 heavy (non-hydrogen) atoms. The molecular formula is C14H16N2O4. The number of aliphatic carboxylic acids is 1. The van der Waals surface area contributed by atoms with Gasteiger partial charge in [0.1, 0.15) is 0 Å². The summed E-state index contributed by atoms with van der Waals surface area (Å²) in [5, 5.41) is 11.8. The summed E-state index contributed by atoms with van der Waals surface area (Å²) in [6, 6.07) is 2.86. The first-order chi connectivity index (χ1) is 9.49. The Morgan fingerprint density at radius 3 is 2.50 bits per heavy atom. The lowest BCUT2D eigenvalue weighted by Gasteiger charge is -2.24. The van der Waals surface area contributed by atoms with E-state index in [1.807, 2.05) is 6.08 Å². The van der Waals surface area contributed by atoms with E-state index in [1.165, 1.54) is 22.9 Å². The van der Waals surface area contributed by atoms with E-state index >= 15 is 0 Å². The summed E-state index contributed by atoms with van der Waals surface area (Å²) in [7, 11) is 1.58. The lowest BCUT2D eigenvalue weighted by molar-refractivity contribution is -0.146. The number of aromatic nitrogens is 1. The van der Waals surface area contributed by atoms with E-state index < -0.39 is 17.8 Å². The Bertz CT molecular complexity index is 618. The minimum absolute atomic E-state index is 0.174. The van der Waals surface area contributed by atoms with Crippen molar-refractivity contribution in [1.82, 2.24) is 4.57 Å². The van der Waals surface area contributed by atoms with Gasteiger partial charge in [-0.05, 0) is 18.9 Å². The summed E-state index contributed by atoms with van der Waals surface area (Å²) in [6.07, 6.45) is 5.89. The zero-order valence-electron chi connectivity index (χ0n) is 11.1. The largest absolute Gasteiger partial charge is 0.481 e. The average Bonchev–Trinajstić information content (AvgIpc) is 2.43. The summed E-state index contributed by atoms with van der Waals surface area (Å²) < 4.78 is 1.35. The van der Waals surface area contributed by atoms with Crippen LogP contribution in [-0.4, -0.2) is 21.6 Å². The average molecular weight is 276 g/mol. The Morgan fingerprint density at radius 2 is 1.90 bits per heavy atom. The number of carboxylic acids is 1. The SMILES string of the molecule is Cn1cc(NC(=O)C2CC=CCC2C(=O)O)ccc1=O. The lowest BCUT2D eigenvalue weighted by atomic mass is 9.82. The van der Waals surface area contributed by atoms with Crippen molar-refractivity contribution < 1.29 is 14.7 Å². The number of hydrogen-bond donors (Lipinski definition) is 2. The topological polar surface area (TPSA) is 88.4 Å². The second kappa shape index (κ2) is 5.73. The molecule has 1 heterocycles. The maximum Gasteiger partial charge on any atom is 0.307 e. The van der Waals surface area contributed by atoms with Gasteiger partial charge in [-0.1, -0.05) is 12.2 Å². The molecule has 1 aliphatic rings. The number of carboxylic acid groups (broad SMARTS) is 1. The highest BCUT2D eigenvalue weighted by molar-refractivity contribution is 5.95. The molecule has 6 nitrogen and oxygen atoms in total. The Morgan fingerprint density at radius 1 is 1.25 bits per heavy atom. The number of amides is 1. The van der Waals surface area contributed by atoms with E-state index in [9.17, 15) is 14.4 Å². The van der Waals surface area contributed by atoms with Crippen molar-refractivity contribution >= 4 is 17.6 Å². The van der Waals surface area contributed by atoms with Gasteiger partial charge in [-0.15, -0.1) is 0 Å². The van der Waals surface area contributed by atoms with Gasteiger partial charge in [0.15, 0.2) is 0 Å². The van der Waals surface area contributed by atoms with Crippen LogP contribution in [0.4, 0.5) is 5.69 Å². The number of rotatable bonds is 3. The molecule has 106 valence electrons. The third-order valence-electron chi connectivity index (χ3n) is 3.44. The zero-order valence-corrected chi connectivity index (χ0v) is 11.1. The predicted octanol–water partition coefficient (Wildman–Crippen LogP) is 0.991. The van der Waals surface area contributed by atoms with Crippen LogP contribution in [0.3, 0.4) is 0 Å². The molecule has 2 rings (SSSR count). The van der Waals surface area contributed by atoms with Crippen LogP contribution in [0.25, 0.3) is 0 Å². The lowest BCUT2D eigenvalue weighted by Crippen LogP contribution is -2.35. The number of nitrogens with one attached hydrogen (secondary N) is 1.